The van der Waals surface area contributed by atoms with E-state index < -0.39 is 41.5 Å². The minimum Gasteiger partial charge on any atom is -0.310 e. The first-order valence-corrected chi connectivity index (χ1v) is 6.37. The van der Waals surface area contributed by atoms with Crippen molar-refractivity contribution in [3.8, 4) is 6.07 Å². The van der Waals surface area contributed by atoms with Crippen LogP contribution in [0.3, 0.4) is 0 Å². The van der Waals surface area contributed by atoms with Crippen LogP contribution in [0, 0.1) is 11.3 Å². The van der Waals surface area contributed by atoms with Crippen LogP contribution >= 0.6 is 0 Å². The van der Waals surface area contributed by atoms with Crippen LogP contribution in [0.4, 0.5) is 28.0 Å². The molecule has 0 bridgehead atoms. The van der Waals surface area contributed by atoms with Crippen LogP contribution in [0.15, 0.2) is 18.2 Å². The van der Waals surface area contributed by atoms with Gasteiger partial charge in [0.25, 0.3) is 5.91 Å². The van der Waals surface area contributed by atoms with Crippen LogP contribution in [-0.2, 0) is 11.0 Å². The van der Waals surface area contributed by atoms with Gasteiger partial charge >= 0.3 is 12.2 Å². The first kappa shape index (κ1) is 16.7. The second-order valence-electron chi connectivity index (χ2n) is 5.23. The van der Waals surface area contributed by atoms with E-state index in [1.807, 2.05) is 0 Å². The maximum Gasteiger partial charge on any atom is 0.417 e. The molecule has 1 aromatic rings. The molecule has 5 nitrogen and oxygen atoms in total. The van der Waals surface area contributed by atoms with E-state index in [1.54, 1.807) is 0 Å². The highest BCUT2D eigenvalue weighted by Crippen LogP contribution is 2.37. The Bertz CT molecular complexity index is 726. The number of hydrogen-bond acceptors (Lipinski definition) is 3. The van der Waals surface area contributed by atoms with Crippen molar-refractivity contribution in [2.75, 3.05) is 18.6 Å². The third-order valence-electron chi connectivity index (χ3n) is 3.83. The summed E-state index contributed by atoms with van der Waals surface area (Å²) in [6.45, 7) is 0.00846. The molecule has 1 unspecified atom stereocenters. The third kappa shape index (κ3) is 2.40. The number of hydrogen-bond donors (Lipinski definition) is 0. The number of likely N-dealkylation sites (N-methyl/N-ethyl adjacent to an activating group) is 1. The van der Waals surface area contributed by atoms with Gasteiger partial charge in [0.2, 0.25) is 0 Å². The lowest BCUT2D eigenvalue weighted by molar-refractivity contribution is -0.137. The summed E-state index contributed by atoms with van der Waals surface area (Å²) in [5.74, 6) is -0.967. The van der Waals surface area contributed by atoms with E-state index in [9.17, 15) is 27.2 Å². The van der Waals surface area contributed by atoms with E-state index in [0.717, 1.165) is 17.0 Å². The van der Waals surface area contributed by atoms with Crippen molar-refractivity contribution in [3.05, 3.63) is 29.3 Å². The molecule has 1 aliphatic heterocycles. The maximum absolute atomic E-state index is 13.2. The number of imide groups is 1. The summed E-state index contributed by atoms with van der Waals surface area (Å²) < 4.78 is 52.1. The number of anilines is 1. The first-order valence-electron chi connectivity index (χ1n) is 6.37. The van der Waals surface area contributed by atoms with Crippen molar-refractivity contribution in [1.29, 1.82) is 5.26 Å². The van der Waals surface area contributed by atoms with Crippen LogP contribution in [0.25, 0.3) is 0 Å². The Kier molecular flexibility index (Phi) is 3.80. The van der Waals surface area contributed by atoms with Crippen molar-refractivity contribution >= 4 is 17.6 Å². The maximum atomic E-state index is 13.2. The normalized spacial score (nSPS) is 21.8. The Morgan fingerprint density at radius 1 is 1.30 bits per heavy atom. The molecule has 0 N–H and O–H groups in total. The molecule has 0 spiro atoms. The molecule has 9 heteroatoms. The van der Waals surface area contributed by atoms with Gasteiger partial charge in [0.15, 0.2) is 0 Å². The van der Waals surface area contributed by atoms with E-state index in [2.05, 4.69) is 0 Å². The van der Waals surface area contributed by atoms with Gasteiger partial charge in [-0.25, -0.2) is 14.1 Å². The summed E-state index contributed by atoms with van der Waals surface area (Å²) in [4.78, 5) is 25.7. The highest BCUT2D eigenvalue weighted by Gasteiger charge is 2.53. The number of urea groups is 1. The third-order valence-corrected chi connectivity index (χ3v) is 3.83. The standard InChI is InChI=1S/C14H11F4N3O2/c1-13(7-15)11(22)21(12(23)20(13)2)9-4-3-8(6-19)10(5-9)14(16,17)18/h3-5H,7H2,1-2H3. The quantitative estimate of drug-likeness (QED) is 0.619. The molecule has 1 aliphatic rings. The van der Waals surface area contributed by atoms with Gasteiger partial charge in [-0.2, -0.15) is 18.4 Å². The van der Waals surface area contributed by atoms with E-state index in [0.29, 0.717) is 11.0 Å². The lowest BCUT2D eigenvalue weighted by Crippen LogP contribution is -2.47. The fourth-order valence-electron chi connectivity index (χ4n) is 2.21. The molecular weight excluding hydrogens is 318 g/mol. The van der Waals surface area contributed by atoms with Crippen LogP contribution in [0.2, 0.25) is 0 Å². The summed E-state index contributed by atoms with van der Waals surface area (Å²) in [5.41, 5.74) is -4.05. The predicted octanol–water partition coefficient (Wildman–Crippen LogP) is 2.70. The molecule has 0 radical (unpaired) electrons. The predicted molar refractivity (Wildman–Crippen MR) is 71.2 cm³/mol. The zero-order valence-electron chi connectivity index (χ0n) is 12.1. The largest absolute Gasteiger partial charge is 0.417 e. The number of nitrogens with zero attached hydrogens (tertiary/aromatic N) is 3. The number of amides is 3. The summed E-state index contributed by atoms with van der Waals surface area (Å²) in [6, 6.07) is 2.90. The number of rotatable bonds is 2. The fraction of sp³-hybridized carbons (Fsp3) is 0.357. The van der Waals surface area contributed by atoms with Gasteiger partial charge in [-0.15, -0.1) is 0 Å². The summed E-state index contributed by atoms with van der Waals surface area (Å²) >= 11 is 0. The first-order chi connectivity index (χ1) is 10.6. The van der Waals surface area contributed by atoms with Crippen molar-refractivity contribution < 1.29 is 27.2 Å². The van der Waals surface area contributed by atoms with E-state index in [-0.39, 0.29) is 5.69 Å². The molecule has 3 amide bonds. The number of carbonyl (C=O) groups excluding carboxylic acids is 2. The number of nitriles is 1. The van der Waals surface area contributed by atoms with Gasteiger partial charge in [-0.1, -0.05) is 0 Å². The summed E-state index contributed by atoms with van der Waals surface area (Å²) in [6.07, 6.45) is -4.83. The fourth-order valence-corrected chi connectivity index (χ4v) is 2.21. The van der Waals surface area contributed by atoms with Crippen LogP contribution in [0.5, 0.6) is 0 Å². The van der Waals surface area contributed by atoms with E-state index in [1.165, 1.54) is 20.0 Å². The van der Waals surface area contributed by atoms with Gasteiger partial charge in [0.1, 0.15) is 12.2 Å². The Morgan fingerprint density at radius 3 is 2.35 bits per heavy atom. The molecule has 1 aromatic carbocycles. The topological polar surface area (TPSA) is 64.4 Å². The second kappa shape index (κ2) is 5.22. The highest BCUT2D eigenvalue weighted by molar-refractivity contribution is 6.23. The van der Waals surface area contributed by atoms with Crippen LogP contribution in [-0.4, -0.2) is 36.1 Å². The van der Waals surface area contributed by atoms with Gasteiger partial charge in [-0.05, 0) is 25.1 Å². The summed E-state index contributed by atoms with van der Waals surface area (Å²) in [7, 11) is 1.19. The minimum atomic E-state index is -4.83. The average Bonchev–Trinajstić information content (AvgIpc) is 2.67. The van der Waals surface area contributed by atoms with E-state index >= 15 is 0 Å². The number of halogens is 4. The Balaban J connectivity index is 2.58. The molecule has 0 aliphatic carbocycles. The molecule has 1 saturated heterocycles. The lowest BCUT2D eigenvalue weighted by atomic mass is 10.0. The van der Waals surface area contributed by atoms with Crippen molar-refractivity contribution in [2.45, 2.75) is 18.6 Å². The lowest BCUT2D eigenvalue weighted by Gasteiger charge is -2.24. The number of carbonyl (C=O) groups is 2. The summed E-state index contributed by atoms with van der Waals surface area (Å²) in [5, 5.41) is 8.75. The van der Waals surface area contributed by atoms with E-state index in [4.69, 9.17) is 5.26 Å². The average molecular weight is 329 g/mol. The second-order valence-corrected chi connectivity index (χ2v) is 5.23. The van der Waals surface area contributed by atoms with Gasteiger partial charge in [-0.3, -0.25) is 4.79 Å². The Hall–Kier alpha value is -2.63. The molecule has 0 saturated carbocycles. The minimum absolute atomic E-state index is 0.365. The van der Waals surface area contributed by atoms with Gasteiger partial charge in [0.05, 0.1) is 22.9 Å². The smallest absolute Gasteiger partial charge is 0.310 e. The number of alkyl halides is 4. The highest BCUT2D eigenvalue weighted by atomic mass is 19.4. The molecule has 23 heavy (non-hydrogen) atoms. The molecule has 1 atom stereocenters. The van der Waals surface area contributed by atoms with Crippen molar-refractivity contribution in [3.63, 3.8) is 0 Å². The molecular formula is C14H11F4N3O2. The SMILES string of the molecule is CN1C(=O)N(c2ccc(C#N)c(C(F)(F)F)c2)C(=O)C1(C)CF. The zero-order chi connectivity index (χ0) is 17.6. The van der Waals surface area contributed by atoms with Crippen molar-refractivity contribution in [2.24, 2.45) is 0 Å². The number of benzene rings is 1. The van der Waals surface area contributed by atoms with Crippen molar-refractivity contribution in [1.82, 2.24) is 4.90 Å². The molecule has 2 rings (SSSR count). The molecule has 122 valence electrons. The van der Waals surface area contributed by atoms with Crippen LogP contribution < -0.4 is 4.90 Å². The molecule has 1 fully saturated rings. The molecule has 1 heterocycles. The zero-order valence-corrected chi connectivity index (χ0v) is 12.1. The van der Waals surface area contributed by atoms with Gasteiger partial charge in [0, 0.05) is 7.05 Å². The van der Waals surface area contributed by atoms with Crippen LogP contribution in [0.1, 0.15) is 18.1 Å². The Labute approximate surface area is 128 Å². The monoisotopic (exact) mass is 329 g/mol. The molecule has 0 aromatic heterocycles. The van der Waals surface area contributed by atoms with Gasteiger partial charge < -0.3 is 4.90 Å². The Morgan fingerprint density at radius 2 is 1.91 bits per heavy atom.